The first-order chi connectivity index (χ1) is 12.1. The number of nitrogens with zero attached hydrogens (tertiary/aromatic N) is 3. The highest BCUT2D eigenvalue weighted by atomic mass is 35.5. The zero-order chi connectivity index (χ0) is 17.8. The van der Waals surface area contributed by atoms with Gasteiger partial charge in [-0.2, -0.15) is 4.98 Å². The molecule has 3 aromatic rings. The molecule has 0 aliphatic carbocycles. The van der Waals surface area contributed by atoms with Crippen LogP contribution in [0.1, 0.15) is 37.3 Å². The van der Waals surface area contributed by atoms with Crippen LogP contribution < -0.4 is 5.32 Å². The van der Waals surface area contributed by atoms with Crippen molar-refractivity contribution in [1.29, 1.82) is 0 Å². The number of fused-ring (bicyclic) bond motifs is 1. The van der Waals surface area contributed by atoms with Crippen molar-refractivity contribution in [3.8, 4) is 11.8 Å². The van der Waals surface area contributed by atoms with Crippen molar-refractivity contribution in [3.05, 3.63) is 46.8 Å². The van der Waals surface area contributed by atoms with Crippen molar-refractivity contribution in [2.24, 2.45) is 0 Å². The number of anilines is 1. The van der Waals surface area contributed by atoms with E-state index in [0.717, 1.165) is 16.8 Å². The average molecular weight is 361 g/mol. The molecule has 1 N–H and O–H groups in total. The summed E-state index contributed by atoms with van der Waals surface area (Å²) in [7, 11) is 0. The van der Waals surface area contributed by atoms with E-state index in [0.29, 0.717) is 30.9 Å². The Morgan fingerprint density at radius 3 is 3.00 bits per heavy atom. The van der Waals surface area contributed by atoms with Crippen molar-refractivity contribution < 1.29 is 8.81 Å². The second-order valence-electron chi connectivity index (χ2n) is 5.67. The number of aromatic nitrogens is 3. The van der Waals surface area contributed by atoms with Gasteiger partial charge in [0.15, 0.2) is 5.82 Å². The van der Waals surface area contributed by atoms with Gasteiger partial charge in [-0.25, -0.2) is 8.91 Å². The summed E-state index contributed by atoms with van der Waals surface area (Å²) in [6.45, 7) is 3.76. The van der Waals surface area contributed by atoms with Crippen LogP contribution in [-0.4, -0.2) is 20.8 Å². The lowest BCUT2D eigenvalue weighted by Crippen LogP contribution is -2.06. The van der Waals surface area contributed by atoms with Crippen molar-refractivity contribution in [1.82, 2.24) is 14.6 Å². The van der Waals surface area contributed by atoms with E-state index >= 15 is 0 Å². The van der Waals surface area contributed by atoms with Gasteiger partial charge in [0.2, 0.25) is 5.28 Å². The monoisotopic (exact) mass is 360 g/mol. The Morgan fingerprint density at radius 1 is 1.48 bits per heavy atom. The number of rotatable bonds is 6. The topological polar surface area (TPSA) is 55.4 Å². The van der Waals surface area contributed by atoms with Gasteiger partial charge in [-0.15, -0.1) is 5.10 Å². The quantitative estimate of drug-likeness (QED) is 0.668. The smallest absolute Gasteiger partial charge is 0.243 e. The third-order valence-electron chi connectivity index (χ3n) is 3.75. The molecular weight excluding hydrogens is 343 g/mol. The Morgan fingerprint density at radius 2 is 2.32 bits per heavy atom. The molecule has 3 aromatic heterocycles. The van der Waals surface area contributed by atoms with E-state index in [4.69, 9.17) is 16.0 Å². The van der Waals surface area contributed by atoms with Crippen LogP contribution >= 0.6 is 11.6 Å². The maximum absolute atomic E-state index is 13.3. The largest absolute Gasteiger partial charge is 0.467 e. The molecule has 0 fully saturated rings. The van der Waals surface area contributed by atoms with Crippen LogP contribution in [0.25, 0.3) is 5.52 Å². The van der Waals surface area contributed by atoms with Crippen LogP contribution in [0.3, 0.4) is 0 Å². The fourth-order valence-corrected chi connectivity index (χ4v) is 2.75. The molecule has 130 valence electrons. The summed E-state index contributed by atoms with van der Waals surface area (Å²) < 4.78 is 20.2. The van der Waals surface area contributed by atoms with Gasteiger partial charge in [0.25, 0.3) is 0 Å². The molecule has 0 aliphatic heterocycles. The van der Waals surface area contributed by atoms with Crippen LogP contribution in [0.2, 0.25) is 5.28 Å². The van der Waals surface area contributed by atoms with Gasteiger partial charge in [0, 0.05) is 0 Å². The number of aryl methyl sites for hydroxylation is 1. The Kier molecular flexibility index (Phi) is 5.25. The number of alkyl halides is 1. The second-order valence-corrected chi connectivity index (χ2v) is 6.01. The van der Waals surface area contributed by atoms with Gasteiger partial charge in [-0.05, 0) is 68.0 Å². The summed E-state index contributed by atoms with van der Waals surface area (Å²) in [4.78, 5) is 4.27. The maximum Gasteiger partial charge on any atom is 0.243 e. The van der Waals surface area contributed by atoms with Gasteiger partial charge in [-0.1, -0.05) is 5.92 Å². The molecule has 0 bridgehead atoms. The Hall–Kier alpha value is -2.52. The van der Waals surface area contributed by atoms with Crippen molar-refractivity contribution in [2.75, 3.05) is 5.32 Å². The van der Waals surface area contributed by atoms with E-state index < -0.39 is 6.17 Å². The minimum Gasteiger partial charge on any atom is -0.467 e. The summed E-state index contributed by atoms with van der Waals surface area (Å²) in [6, 6.07) is 5.62. The van der Waals surface area contributed by atoms with Gasteiger partial charge in [0.1, 0.15) is 17.0 Å². The van der Waals surface area contributed by atoms with Crippen LogP contribution in [-0.2, 0) is 13.0 Å². The van der Waals surface area contributed by atoms with Gasteiger partial charge in [-0.3, -0.25) is 0 Å². The molecular formula is C18H18ClFN4O. The first kappa shape index (κ1) is 17.3. The van der Waals surface area contributed by atoms with Crippen LogP contribution in [0, 0.1) is 11.8 Å². The first-order valence-electron chi connectivity index (χ1n) is 7.99. The molecule has 0 aromatic carbocycles. The SMILES string of the molecule is CC#Cc1c(CCC(C)F)cc2c(NCc3ccco3)nc(Cl)nn12. The molecule has 0 spiro atoms. The first-order valence-corrected chi connectivity index (χ1v) is 8.37. The van der Waals surface area contributed by atoms with Crippen LogP contribution in [0.4, 0.5) is 10.2 Å². The van der Waals surface area contributed by atoms with Crippen LogP contribution in [0.5, 0.6) is 0 Å². The number of halogens is 2. The molecule has 25 heavy (non-hydrogen) atoms. The predicted molar refractivity (Wildman–Crippen MR) is 95.5 cm³/mol. The number of hydrogen-bond acceptors (Lipinski definition) is 4. The summed E-state index contributed by atoms with van der Waals surface area (Å²) >= 11 is 6.08. The van der Waals surface area contributed by atoms with Crippen LogP contribution in [0.15, 0.2) is 28.9 Å². The predicted octanol–water partition coefficient (Wildman–Crippen LogP) is 4.25. The zero-order valence-corrected chi connectivity index (χ0v) is 14.8. The highest BCUT2D eigenvalue weighted by molar-refractivity contribution is 6.28. The zero-order valence-electron chi connectivity index (χ0n) is 14.0. The fraction of sp³-hybridized carbons (Fsp3) is 0.333. The lowest BCUT2D eigenvalue weighted by atomic mass is 10.1. The molecule has 0 amide bonds. The van der Waals surface area contributed by atoms with E-state index in [1.54, 1.807) is 24.6 Å². The summed E-state index contributed by atoms with van der Waals surface area (Å²) in [5, 5.41) is 7.57. The highest BCUT2D eigenvalue weighted by Gasteiger charge is 2.16. The molecule has 0 saturated heterocycles. The standard InChI is InChI=1S/C18H18ClFN4O/c1-3-5-15-13(8-7-12(2)20)10-16-17(22-18(19)23-24(15)16)21-11-14-6-4-9-25-14/h4,6,9-10,12H,7-8,11H2,1-2H3,(H,21,22,23). The van der Waals surface area contributed by atoms with Crippen molar-refractivity contribution >= 4 is 22.9 Å². The van der Waals surface area contributed by atoms with E-state index in [2.05, 4.69) is 27.2 Å². The van der Waals surface area contributed by atoms with Crippen molar-refractivity contribution in [2.45, 2.75) is 39.4 Å². The summed E-state index contributed by atoms with van der Waals surface area (Å²) in [5.41, 5.74) is 2.38. The number of hydrogen-bond donors (Lipinski definition) is 1. The lowest BCUT2D eigenvalue weighted by molar-refractivity contribution is 0.341. The molecule has 1 atom stereocenters. The highest BCUT2D eigenvalue weighted by Crippen LogP contribution is 2.24. The molecule has 1 unspecified atom stereocenters. The molecule has 5 nitrogen and oxygen atoms in total. The lowest BCUT2D eigenvalue weighted by Gasteiger charge is -2.06. The minimum absolute atomic E-state index is 0.106. The van der Waals surface area contributed by atoms with E-state index in [1.165, 1.54) is 0 Å². The third kappa shape index (κ3) is 3.94. The fourth-order valence-electron chi connectivity index (χ4n) is 2.59. The summed E-state index contributed by atoms with van der Waals surface area (Å²) in [6.07, 6.45) is 1.73. The Bertz CT molecular complexity index is 922. The van der Waals surface area contributed by atoms with Gasteiger partial charge in [0.05, 0.1) is 19.0 Å². The Balaban J connectivity index is 2.01. The molecule has 7 heteroatoms. The van der Waals surface area contributed by atoms with E-state index in [1.807, 2.05) is 18.2 Å². The number of nitrogens with one attached hydrogen (secondary N) is 1. The van der Waals surface area contributed by atoms with Gasteiger partial charge < -0.3 is 9.73 Å². The third-order valence-corrected chi connectivity index (χ3v) is 3.91. The average Bonchev–Trinajstić information content (AvgIpc) is 3.20. The number of furan rings is 1. The normalized spacial score (nSPS) is 12.0. The molecule has 0 saturated carbocycles. The van der Waals surface area contributed by atoms with E-state index in [9.17, 15) is 4.39 Å². The maximum atomic E-state index is 13.3. The van der Waals surface area contributed by atoms with E-state index in [-0.39, 0.29) is 5.28 Å². The summed E-state index contributed by atoms with van der Waals surface area (Å²) in [5.74, 6) is 7.28. The van der Waals surface area contributed by atoms with Gasteiger partial charge >= 0.3 is 0 Å². The minimum atomic E-state index is -0.878. The molecule has 3 rings (SSSR count). The Labute approximate surface area is 150 Å². The molecule has 0 aliphatic rings. The van der Waals surface area contributed by atoms with Crippen molar-refractivity contribution in [3.63, 3.8) is 0 Å². The molecule has 0 radical (unpaired) electrons. The second kappa shape index (κ2) is 7.58. The molecule has 3 heterocycles.